The maximum Gasteiger partial charge on any atom is 0.305 e. The Balaban J connectivity index is 2.80. The van der Waals surface area contributed by atoms with Crippen molar-refractivity contribution in [3.63, 3.8) is 0 Å². The normalized spacial score (nSPS) is 10.8. The number of carbonyl (C=O) groups is 1. The van der Waals surface area contributed by atoms with E-state index in [2.05, 4.69) is 13.8 Å². The Bertz CT molecular complexity index is 437. The Kier molecular flexibility index (Phi) is 6.09. The third-order valence-electron chi connectivity index (χ3n) is 2.84. The van der Waals surface area contributed by atoms with Crippen LogP contribution in [0, 0.1) is 11.7 Å². The van der Waals surface area contributed by atoms with Gasteiger partial charge in [-0.25, -0.2) is 4.39 Å². The summed E-state index contributed by atoms with van der Waals surface area (Å²) >= 11 is 5.77. The average Bonchev–Trinajstić information content (AvgIpc) is 2.32. The second-order valence-electron chi connectivity index (χ2n) is 4.91. The fourth-order valence-electron chi connectivity index (χ4n) is 1.70. The van der Waals surface area contributed by atoms with Crippen LogP contribution in [0.4, 0.5) is 10.1 Å². The highest BCUT2D eigenvalue weighted by atomic mass is 35.5. The molecule has 1 rings (SSSR count). The first kappa shape index (κ1) is 15.8. The van der Waals surface area contributed by atoms with Gasteiger partial charge in [0.1, 0.15) is 5.82 Å². The summed E-state index contributed by atoms with van der Waals surface area (Å²) in [6, 6.07) is 4.48. The van der Waals surface area contributed by atoms with Gasteiger partial charge in [-0.15, -0.1) is 0 Å². The molecular formula is C14H19ClFNO2. The number of hydrogen-bond acceptors (Lipinski definition) is 2. The molecule has 0 saturated carbocycles. The number of benzene rings is 1. The first-order valence-corrected chi connectivity index (χ1v) is 6.69. The molecule has 0 saturated heterocycles. The fraction of sp³-hybridized carbons (Fsp3) is 0.500. The summed E-state index contributed by atoms with van der Waals surface area (Å²) < 4.78 is 13.1. The second kappa shape index (κ2) is 7.34. The van der Waals surface area contributed by atoms with Crippen LogP contribution < -0.4 is 4.90 Å². The molecule has 1 N–H and O–H groups in total. The number of carboxylic acids is 1. The number of nitrogens with zero attached hydrogens (tertiary/aromatic N) is 1. The van der Waals surface area contributed by atoms with Crippen molar-refractivity contribution in [3.8, 4) is 0 Å². The lowest BCUT2D eigenvalue weighted by Crippen LogP contribution is -2.28. The lowest BCUT2D eigenvalue weighted by molar-refractivity contribution is -0.136. The van der Waals surface area contributed by atoms with Crippen molar-refractivity contribution in [2.75, 3.05) is 18.0 Å². The second-order valence-corrected chi connectivity index (χ2v) is 5.32. The van der Waals surface area contributed by atoms with Crippen LogP contribution >= 0.6 is 11.6 Å². The zero-order valence-electron chi connectivity index (χ0n) is 11.2. The largest absolute Gasteiger partial charge is 0.481 e. The molecule has 0 unspecified atom stereocenters. The number of hydrogen-bond donors (Lipinski definition) is 1. The van der Waals surface area contributed by atoms with Gasteiger partial charge in [0, 0.05) is 18.8 Å². The predicted molar refractivity (Wildman–Crippen MR) is 75.3 cm³/mol. The van der Waals surface area contributed by atoms with Crippen LogP contribution in [-0.4, -0.2) is 24.2 Å². The van der Waals surface area contributed by atoms with Gasteiger partial charge in [0.25, 0.3) is 0 Å². The fourth-order valence-corrected chi connectivity index (χ4v) is 1.87. The topological polar surface area (TPSA) is 40.5 Å². The van der Waals surface area contributed by atoms with E-state index in [-0.39, 0.29) is 11.4 Å². The molecule has 0 radical (unpaired) electrons. The molecule has 0 aliphatic carbocycles. The summed E-state index contributed by atoms with van der Waals surface area (Å²) in [6.45, 7) is 5.33. The standard InChI is InChI=1S/C14H19ClFNO2/c1-10(2)5-7-17(8-6-14(18)19)11-3-4-13(16)12(15)9-11/h3-4,9-10H,5-8H2,1-2H3,(H,18,19). The predicted octanol–water partition coefficient (Wildman–Crippen LogP) is 3.81. The molecule has 0 spiro atoms. The maximum absolute atomic E-state index is 13.1. The van der Waals surface area contributed by atoms with E-state index in [0.29, 0.717) is 12.5 Å². The van der Waals surface area contributed by atoms with Crippen molar-refractivity contribution < 1.29 is 14.3 Å². The molecule has 0 heterocycles. The number of aliphatic carboxylic acids is 1. The minimum atomic E-state index is -0.845. The van der Waals surface area contributed by atoms with Gasteiger partial charge in [0.15, 0.2) is 0 Å². The van der Waals surface area contributed by atoms with Crippen molar-refractivity contribution in [1.29, 1.82) is 0 Å². The van der Waals surface area contributed by atoms with E-state index < -0.39 is 11.8 Å². The van der Waals surface area contributed by atoms with Crippen molar-refractivity contribution in [3.05, 3.63) is 29.0 Å². The van der Waals surface area contributed by atoms with E-state index in [0.717, 1.165) is 18.7 Å². The highest BCUT2D eigenvalue weighted by Gasteiger charge is 2.11. The van der Waals surface area contributed by atoms with Gasteiger partial charge in [0.05, 0.1) is 11.4 Å². The molecule has 1 aromatic carbocycles. The number of carboxylic acid groups (broad SMARTS) is 1. The van der Waals surface area contributed by atoms with Crippen LogP contribution in [0.25, 0.3) is 0 Å². The van der Waals surface area contributed by atoms with Gasteiger partial charge < -0.3 is 10.0 Å². The van der Waals surface area contributed by atoms with Gasteiger partial charge in [-0.2, -0.15) is 0 Å². The average molecular weight is 288 g/mol. The number of rotatable bonds is 7. The first-order chi connectivity index (χ1) is 8.90. The number of anilines is 1. The highest BCUT2D eigenvalue weighted by Crippen LogP contribution is 2.23. The molecule has 0 amide bonds. The minimum Gasteiger partial charge on any atom is -0.481 e. The Morgan fingerprint density at radius 3 is 2.63 bits per heavy atom. The van der Waals surface area contributed by atoms with Crippen LogP contribution in [0.1, 0.15) is 26.7 Å². The summed E-state index contributed by atoms with van der Waals surface area (Å²) in [6.07, 6.45) is 0.988. The molecule has 0 aromatic heterocycles. The van der Waals surface area contributed by atoms with Crippen molar-refractivity contribution in [2.24, 2.45) is 5.92 Å². The lowest BCUT2D eigenvalue weighted by atomic mass is 10.1. The quantitative estimate of drug-likeness (QED) is 0.829. The monoisotopic (exact) mass is 287 g/mol. The van der Waals surface area contributed by atoms with E-state index in [4.69, 9.17) is 16.7 Å². The van der Waals surface area contributed by atoms with Gasteiger partial charge in [-0.1, -0.05) is 25.4 Å². The highest BCUT2D eigenvalue weighted by molar-refractivity contribution is 6.31. The van der Waals surface area contributed by atoms with Gasteiger partial charge in [0.2, 0.25) is 0 Å². The minimum absolute atomic E-state index is 0.0487. The summed E-state index contributed by atoms with van der Waals surface area (Å²) in [7, 11) is 0. The molecule has 0 aliphatic rings. The summed E-state index contributed by atoms with van der Waals surface area (Å²) in [5, 5.41) is 8.83. The smallest absolute Gasteiger partial charge is 0.305 e. The maximum atomic E-state index is 13.1. The lowest BCUT2D eigenvalue weighted by Gasteiger charge is -2.25. The molecule has 5 heteroatoms. The van der Waals surface area contributed by atoms with Crippen LogP contribution in [0.2, 0.25) is 5.02 Å². The first-order valence-electron chi connectivity index (χ1n) is 6.32. The zero-order valence-corrected chi connectivity index (χ0v) is 12.0. The van der Waals surface area contributed by atoms with Crippen LogP contribution in [0.3, 0.4) is 0 Å². The summed E-state index contributed by atoms with van der Waals surface area (Å²) in [5.74, 6) is -0.793. The molecule has 1 aromatic rings. The van der Waals surface area contributed by atoms with Crippen molar-refractivity contribution in [2.45, 2.75) is 26.7 Å². The molecule has 3 nitrogen and oxygen atoms in total. The molecule has 0 fully saturated rings. The van der Waals surface area contributed by atoms with Gasteiger partial charge in [-0.05, 0) is 30.5 Å². The van der Waals surface area contributed by atoms with E-state index in [1.165, 1.54) is 6.07 Å². The molecule has 0 bridgehead atoms. The van der Waals surface area contributed by atoms with E-state index in [9.17, 15) is 9.18 Å². The molecule has 19 heavy (non-hydrogen) atoms. The summed E-state index contributed by atoms with van der Waals surface area (Å²) in [5.41, 5.74) is 0.758. The third kappa shape index (κ3) is 5.47. The van der Waals surface area contributed by atoms with Gasteiger partial charge >= 0.3 is 5.97 Å². The third-order valence-corrected chi connectivity index (χ3v) is 3.13. The zero-order chi connectivity index (χ0) is 14.4. The SMILES string of the molecule is CC(C)CCN(CCC(=O)O)c1ccc(F)c(Cl)c1. The van der Waals surface area contributed by atoms with E-state index >= 15 is 0 Å². The van der Waals surface area contributed by atoms with Gasteiger partial charge in [-0.3, -0.25) is 4.79 Å². The number of halogens is 2. The molecule has 0 atom stereocenters. The van der Waals surface area contributed by atoms with Crippen molar-refractivity contribution in [1.82, 2.24) is 0 Å². The Morgan fingerprint density at radius 2 is 2.11 bits per heavy atom. The van der Waals surface area contributed by atoms with E-state index in [1.54, 1.807) is 12.1 Å². The Hall–Kier alpha value is -1.29. The van der Waals surface area contributed by atoms with Crippen LogP contribution in [0.15, 0.2) is 18.2 Å². The molecule has 0 aliphatic heterocycles. The van der Waals surface area contributed by atoms with E-state index in [1.807, 2.05) is 4.90 Å². The molecule has 106 valence electrons. The van der Waals surface area contributed by atoms with Crippen molar-refractivity contribution >= 4 is 23.3 Å². The van der Waals surface area contributed by atoms with Crippen LogP contribution in [-0.2, 0) is 4.79 Å². The van der Waals surface area contributed by atoms with Crippen LogP contribution in [0.5, 0.6) is 0 Å². The summed E-state index contributed by atoms with van der Waals surface area (Å²) in [4.78, 5) is 12.6. The molecular weight excluding hydrogens is 269 g/mol. The Labute approximate surface area is 118 Å². The Morgan fingerprint density at radius 1 is 1.42 bits per heavy atom.